The molecule has 1 heterocycles. The monoisotopic (exact) mass is 446 g/mol. The third-order valence-electron chi connectivity index (χ3n) is 4.88. The van der Waals surface area contributed by atoms with Gasteiger partial charge in [-0.15, -0.1) is 0 Å². The van der Waals surface area contributed by atoms with E-state index in [4.69, 9.17) is 9.88 Å². The van der Waals surface area contributed by atoms with Gasteiger partial charge in [0.05, 0.1) is 11.5 Å². The lowest BCUT2D eigenvalue weighted by atomic mass is 10.1. The van der Waals surface area contributed by atoms with Gasteiger partial charge in [0.25, 0.3) is 0 Å². The van der Waals surface area contributed by atoms with Crippen LogP contribution in [0.5, 0.6) is 5.75 Å². The second-order valence-corrected chi connectivity index (χ2v) is 8.63. The van der Waals surface area contributed by atoms with Crippen LogP contribution in [0.2, 0.25) is 0 Å². The summed E-state index contributed by atoms with van der Waals surface area (Å²) in [5, 5.41) is 7.86. The zero-order chi connectivity index (χ0) is 22.4. The van der Waals surface area contributed by atoms with Crippen molar-refractivity contribution >= 4 is 27.6 Å². The van der Waals surface area contributed by atoms with E-state index in [9.17, 15) is 18.0 Å². The van der Waals surface area contributed by atoms with Gasteiger partial charge < -0.3 is 15.0 Å². The summed E-state index contributed by atoms with van der Waals surface area (Å²) >= 11 is 0. The molecule has 0 saturated carbocycles. The van der Waals surface area contributed by atoms with E-state index in [-0.39, 0.29) is 23.4 Å². The largest absolute Gasteiger partial charge is 0.494 e. The molecule has 0 radical (unpaired) electrons. The molecule has 9 nitrogen and oxygen atoms in total. The highest BCUT2D eigenvalue weighted by molar-refractivity contribution is 7.89. The van der Waals surface area contributed by atoms with Crippen molar-refractivity contribution in [3.05, 3.63) is 54.1 Å². The maximum absolute atomic E-state index is 12.6. The summed E-state index contributed by atoms with van der Waals surface area (Å²) in [6, 6.07) is 13.3. The van der Waals surface area contributed by atoms with Crippen LogP contribution >= 0.6 is 0 Å². The van der Waals surface area contributed by atoms with Crippen LogP contribution in [0.3, 0.4) is 0 Å². The molecule has 0 aromatic heterocycles. The van der Waals surface area contributed by atoms with Crippen molar-refractivity contribution in [3.63, 3.8) is 0 Å². The second-order valence-electron chi connectivity index (χ2n) is 7.07. The summed E-state index contributed by atoms with van der Waals surface area (Å²) in [4.78, 5) is 28.1. The van der Waals surface area contributed by atoms with Crippen LogP contribution in [0.1, 0.15) is 12.5 Å². The van der Waals surface area contributed by atoms with E-state index in [0.717, 1.165) is 17.0 Å². The lowest BCUT2D eigenvalue weighted by Crippen LogP contribution is -2.40. The molecule has 166 valence electrons. The fraction of sp³-hybridized carbons (Fsp3) is 0.333. The van der Waals surface area contributed by atoms with Crippen molar-refractivity contribution < 1.29 is 22.7 Å². The summed E-state index contributed by atoms with van der Waals surface area (Å²) in [7, 11) is -3.72. The van der Waals surface area contributed by atoms with Crippen LogP contribution in [0.4, 0.5) is 10.5 Å². The number of hydrogen-bond donors (Lipinski definition) is 2. The Bertz CT molecular complexity index is 1020. The van der Waals surface area contributed by atoms with Gasteiger partial charge in [-0.2, -0.15) is 0 Å². The van der Waals surface area contributed by atoms with Crippen LogP contribution in [0.15, 0.2) is 53.4 Å². The summed E-state index contributed by atoms with van der Waals surface area (Å²) in [5.41, 5.74) is 1.63. The number of anilines is 1. The Morgan fingerprint density at radius 3 is 2.39 bits per heavy atom. The molecule has 3 N–H and O–H groups in total. The number of hydrogen-bond acceptors (Lipinski definition) is 5. The predicted octanol–water partition coefficient (Wildman–Crippen LogP) is 1.33. The van der Waals surface area contributed by atoms with Crippen molar-refractivity contribution in [1.29, 1.82) is 0 Å². The number of rotatable bonds is 9. The number of amides is 3. The molecule has 1 aliphatic rings. The minimum Gasteiger partial charge on any atom is -0.494 e. The molecule has 1 aliphatic heterocycles. The standard InChI is InChI=1S/C21H26N4O5S/c1-2-30-18-7-5-17(6-8-18)25-14-13-24(21(25)27)15-20(26)23-12-11-16-3-9-19(10-4-16)31(22,28)29/h3-10H,2,11-15H2,1H3,(H,23,26)(H2,22,28,29). The molecule has 2 aromatic carbocycles. The van der Waals surface area contributed by atoms with E-state index < -0.39 is 10.0 Å². The highest BCUT2D eigenvalue weighted by atomic mass is 32.2. The summed E-state index contributed by atoms with van der Waals surface area (Å²) in [6.45, 7) is 3.82. The average Bonchev–Trinajstić information content (AvgIpc) is 3.09. The minimum atomic E-state index is -3.72. The summed E-state index contributed by atoms with van der Waals surface area (Å²) < 4.78 is 28.0. The van der Waals surface area contributed by atoms with Crippen molar-refractivity contribution in [3.8, 4) is 5.75 Å². The van der Waals surface area contributed by atoms with Crippen molar-refractivity contribution in [2.24, 2.45) is 5.14 Å². The zero-order valence-electron chi connectivity index (χ0n) is 17.3. The summed E-state index contributed by atoms with van der Waals surface area (Å²) in [6.07, 6.45) is 0.531. The van der Waals surface area contributed by atoms with E-state index >= 15 is 0 Å². The minimum absolute atomic E-state index is 0.0171. The molecule has 0 bridgehead atoms. The molecule has 0 aliphatic carbocycles. The van der Waals surface area contributed by atoms with Crippen molar-refractivity contribution in [2.75, 3.05) is 37.7 Å². The van der Waals surface area contributed by atoms with Crippen molar-refractivity contribution in [1.82, 2.24) is 10.2 Å². The number of carbonyl (C=O) groups excluding carboxylic acids is 2. The Kier molecular flexibility index (Phi) is 7.13. The molecular formula is C21H26N4O5S. The number of urea groups is 1. The molecule has 0 unspecified atom stereocenters. The maximum atomic E-state index is 12.6. The van der Waals surface area contributed by atoms with Gasteiger partial charge >= 0.3 is 6.03 Å². The van der Waals surface area contributed by atoms with Crippen molar-refractivity contribution in [2.45, 2.75) is 18.2 Å². The topological polar surface area (TPSA) is 122 Å². The molecule has 0 spiro atoms. The van der Waals surface area contributed by atoms with Crippen LogP contribution in [0.25, 0.3) is 0 Å². The predicted molar refractivity (Wildman–Crippen MR) is 116 cm³/mol. The molecule has 0 atom stereocenters. The van der Waals surface area contributed by atoms with E-state index in [1.165, 1.54) is 17.0 Å². The second kappa shape index (κ2) is 9.80. The van der Waals surface area contributed by atoms with Gasteiger partial charge in [-0.05, 0) is 55.3 Å². The third-order valence-corrected chi connectivity index (χ3v) is 5.81. The molecule has 3 rings (SSSR count). The average molecular weight is 447 g/mol. The van der Waals surface area contributed by atoms with Gasteiger partial charge in [0, 0.05) is 25.3 Å². The first kappa shape index (κ1) is 22.6. The van der Waals surface area contributed by atoms with Crippen LogP contribution in [-0.4, -0.2) is 58.0 Å². The first-order chi connectivity index (χ1) is 14.8. The molecule has 2 aromatic rings. The third kappa shape index (κ3) is 5.96. The van der Waals surface area contributed by atoms with E-state index in [0.29, 0.717) is 32.7 Å². The first-order valence-electron chi connectivity index (χ1n) is 9.95. The Balaban J connectivity index is 1.46. The Hall–Kier alpha value is -3.11. The number of nitrogens with two attached hydrogens (primary N) is 1. The SMILES string of the molecule is CCOc1ccc(N2CCN(CC(=O)NCCc3ccc(S(N)(=O)=O)cc3)C2=O)cc1. The highest BCUT2D eigenvalue weighted by Crippen LogP contribution is 2.23. The van der Waals surface area contributed by atoms with E-state index in [2.05, 4.69) is 5.32 Å². The van der Waals surface area contributed by atoms with E-state index in [1.807, 2.05) is 31.2 Å². The number of benzene rings is 2. The lowest BCUT2D eigenvalue weighted by molar-refractivity contribution is -0.121. The molecule has 10 heteroatoms. The van der Waals surface area contributed by atoms with Gasteiger partial charge in [0.2, 0.25) is 15.9 Å². The Labute approximate surface area is 181 Å². The number of carbonyl (C=O) groups is 2. The Morgan fingerprint density at radius 2 is 1.77 bits per heavy atom. The normalized spacial score (nSPS) is 14.1. The molecule has 31 heavy (non-hydrogen) atoms. The van der Waals surface area contributed by atoms with Gasteiger partial charge in [-0.1, -0.05) is 12.1 Å². The quantitative estimate of drug-likeness (QED) is 0.602. The molecule has 1 fully saturated rings. The van der Waals surface area contributed by atoms with E-state index in [1.54, 1.807) is 17.0 Å². The first-order valence-corrected chi connectivity index (χ1v) is 11.5. The molecule has 1 saturated heterocycles. The van der Waals surface area contributed by atoms with Crippen LogP contribution < -0.4 is 20.1 Å². The fourth-order valence-corrected chi connectivity index (χ4v) is 3.79. The maximum Gasteiger partial charge on any atom is 0.325 e. The molecular weight excluding hydrogens is 420 g/mol. The number of nitrogens with one attached hydrogen (secondary N) is 1. The highest BCUT2D eigenvalue weighted by Gasteiger charge is 2.30. The Morgan fingerprint density at radius 1 is 1.10 bits per heavy atom. The smallest absolute Gasteiger partial charge is 0.325 e. The van der Waals surface area contributed by atoms with Crippen LogP contribution in [-0.2, 0) is 21.2 Å². The van der Waals surface area contributed by atoms with Gasteiger partial charge in [-0.3, -0.25) is 9.69 Å². The van der Waals surface area contributed by atoms with Gasteiger partial charge in [0.1, 0.15) is 12.3 Å². The van der Waals surface area contributed by atoms with Gasteiger partial charge in [0.15, 0.2) is 0 Å². The fourth-order valence-electron chi connectivity index (χ4n) is 3.28. The number of sulfonamides is 1. The number of ether oxygens (including phenoxy) is 1. The van der Waals surface area contributed by atoms with Crippen LogP contribution in [0, 0.1) is 0 Å². The van der Waals surface area contributed by atoms with Gasteiger partial charge in [-0.25, -0.2) is 18.4 Å². The molecule has 3 amide bonds. The number of primary sulfonamides is 1. The lowest BCUT2D eigenvalue weighted by Gasteiger charge is -2.18. The zero-order valence-corrected chi connectivity index (χ0v) is 18.1. The summed E-state index contributed by atoms with van der Waals surface area (Å²) in [5.74, 6) is 0.497. The number of nitrogens with zero attached hydrogens (tertiary/aromatic N) is 2.